The Balaban J connectivity index is 2.25. The van der Waals surface area contributed by atoms with Crippen LogP contribution in [0.2, 0.25) is 0 Å². The fourth-order valence-electron chi connectivity index (χ4n) is 2.48. The lowest BCUT2D eigenvalue weighted by Crippen LogP contribution is -2.55. The first-order valence-corrected chi connectivity index (χ1v) is 7.34. The number of methoxy groups -OCH3 is 1. The number of alkyl halides is 3. The monoisotopic (exact) mass is 349 g/mol. The van der Waals surface area contributed by atoms with Crippen LogP contribution in [0.15, 0.2) is 58.7 Å². The molecule has 0 saturated carbocycles. The van der Waals surface area contributed by atoms with E-state index in [1.165, 1.54) is 23.3 Å². The molecule has 0 fully saturated rings. The van der Waals surface area contributed by atoms with Gasteiger partial charge in [0.25, 0.3) is 0 Å². The highest BCUT2D eigenvalue weighted by Crippen LogP contribution is 2.39. The van der Waals surface area contributed by atoms with Gasteiger partial charge in [-0.1, -0.05) is 35.9 Å². The molecule has 8 heteroatoms. The van der Waals surface area contributed by atoms with Crippen LogP contribution in [0.3, 0.4) is 0 Å². The molecule has 1 aromatic rings. The minimum absolute atomic E-state index is 0.0340. The summed E-state index contributed by atoms with van der Waals surface area (Å²) in [7, 11) is 0.875. The van der Waals surface area contributed by atoms with Gasteiger partial charge in [0.15, 0.2) is 0 Å². The van der Waals surface area contributed by atoms with Gasteiger partial charge in [0, 0.05) is 11.8 Å². The summed E-state index contributed by atoms with van der Waals surface area (Å²) in [6, 6.07) is 6.78. The summed E-state index contributed by atoms with van der Waals surface area (Å²) in [6.45, 7) is 1.86. The van der Waals surface area contributed by atoms with Crippen LogP contribution >= 0.6 is 0 Å². The van der Waals surface area contributed by atoms with Crippen molar-refractivity contribution >= 4 is 17.6 Å². The molecule has 0 unspecified atom stereocenters. The number of rotatable bonds is 2. The van der Waals surface area contributed by atoms with Crippen molar-refractivity contribution in [1.29, 1.82) is 0 Å². The number of allylic oxidation sites excluding steroid dienone is 2. The molecule has 0 aliphatic carbocycles. The molecule has 0 amide bonds. The van der Waals surface area contributed by atoms with Gasteiger partial charge in [-0.05, 0) is 19.1 Å². The van der Waals surface area contributed by atoms with E-state index in [4.69, 9.17) is 0 Å². The van der Waals surface area contributed by atoms with Gasteiger partial charge in [0.05, 0.1) is 7.11 Å². The number of fused-ring (bicyclic) bond motifs is 1. The predicted octanol–water partition coefficient (Wildman–Crippen LogP) is 2.97. The molecule has 1 aromatic carbocycles. The summed E-state index contributed by atoms with van der Waals surface area (Å²) in [6.07, 6.45) is 1.04. The molecule has 1 atom stereocenters. The molecule has 0 aromatic heterocycles. The number of hydrogen-bond donors (Lipinski definition) is 0. The second-order valence-electron chi connectivity index (χ2n) is 5.50. The van der Waals surface area contributed by atoms with Crippen molar-refractivity contribution in [1.82, 2.24) is 4.90 Å². The van der Waals surface area contributed by atoms with E-state index >= 15 is 0 Å². The topological polar surface area (TPSA) is 54.3 Å². The van der Waals surface area contributed by atoms with Gasteiger partial charge < -0.3 is 4.74 Å². The number of halogens is 3. The third-order valence-corrected chi connectivity index (χ3v) is 3.79. The van der Waals surface area contributed by atoms with Gasteiger partial charge in [0.2, 0.25) is 0 Å². The van der Waals surface area contributed by atoms with Crippen molar-refractivity contribution in [2.24, 2.45) is 9.98 Å². The van der Waals surface area contributed by atoms with Crippen LogP contribution in [0.5, 0.6) is 0 Å². The van der Waals surface area contributed by atoms with Crippen LogP contribution in [0.1, 0.15) is 11.1 Å². The maximum Gasteiger partial charge on any atom is 0.445 e. The van der Waals surface area contributed by atoms with Crippen LogP contribution in [-0.2, 0) is 9.53 Å². The fourth-order valence-corrected chi connectivity index (χ4v) is 2.48. The first kappa shape index (κ1) is 16.9. The smallest absolute Gasteiger partial charge is 0.445 e. The zero-order valence-corrected chi connectivity index (χ0v) is 13.4. The zero-order valence-electron chi connectivity index (χ0n) is 13.4. The average molecular weight is 349 g/mol. The lowest BCUT2D eigenvalue weighted by Gasteiger charge is -2.35. The van der Waals surface area contributed by atoms with Gasteiger partial charge in [-0.2, -0.15) is 13.2 Å². The average Bonchev–Trinajstić information content (AvgIpc) is 2.59. The number of aryl methyl sites for hydroxylation is 1. The number of carbonyl (C=O) groups is 1. The highest BCUT2D eigenvalue weighted by atomic mass is 19.4. The van der Waals surface area contributed by atoms with Crippen LogP contribution < -0.4 is 0 Å². The number of benzene rings is 1. The van der Waals surface area contributed by atoms with E-state index in [1.54, 1.807) is 30.3 Å². The molecule has 0 bridgehead atoms. The van der Waals surface area contributed by atoms with E-state index in [2.05, 4.69) is 14.7 Å². The number of nitrogens with zero attached hydrogens (tertiary/aromatic N) is 3. The van der Waals surface area contributed by atoms with Gasteiger partial charge in [-0.15, -0.1) is 0 Å². The Hall–Kier alpha value is -2.90. The summed E-state index contributed by atoms with van der Waals surface area (Å²) in [5.74, 6) is -1.66. The van der Waals surface area contributed by atoms with Crippen molar-refractivity contribution in [3.63, 3.8) is 0 Å². The molecule has 3 rings (SSSR count). The van der Waals surface area contributed by atoms with Crippen molar-refractivity contribution in [2.75, 3.05) is 7.11 Å². The summed E-state index contributed by atoms with van der Waals surface area (Å²) in [4.78, 5) is 20.7. The first-order valence-electron chi connectivity index (χ1n) is 7.34. The highest BCUT2D eigenvalue weighted by molar-refractivity contribution is 6.16. The predicted molar refractivity (Wildman–Crippen MR) is 86.1 cm³/mol. The molecule has 2 aliphatic rings. The Morgan fingerprint density at radius 3 is 2.44 bits per heavy atom. The molecule has 0 spiro atoms. The Morgan fingerprint density at radius 1 is 1.16 bits per heavy atom. The second kappa shape index (κ2) is 5.87. The molecule has 5 nitrogen and oxygen atoms in total. The Morgan fingerprint density at radius 2 is 1.84 bits per heavy atom. The van der Waals surface area contributed by atoms with Crippen LogP contribution in [0.25, 0.3) is 0 Å². The molecule has 0 saturated heterocycles. The summed E-state index contributed by atoms with van der Waals surface area (Å²) < 4.78 is 45.7. The summed E-state index contributed by atoms with van der Waals surface area (Å²) >= 11 is 0. The van der Waals surface area contributed by atoms with E-state index in [-0.39, 0.29) is 11.7 Å². The number of esters is 1. The normalized spacial score (nSPS) is 22.2. The van der Waals surface area contributed by atoms with Gasteiger partial charge >= 0.3 is 17.8 Å². The molecule has 2 aliphatic heterocycles. The van der Waals surface area contributed by atoms with Crippen LogP contribution in [0.4, 0.5) is 13.2 Å². The van der Waals surface area contributed by atoms with E-state index in [1.807, 2.05) is 6.92 Å². The minimum Gasteiger partial charge on any atom is -0.465 e. The van der Waals surface area contributed by atoms with Crippen molar-refractivity contribution in [2.45, 2.75) is 18.8 Å². The summed E-state index contributed by atoms with van der Waals surface area (Å²) in [5.41, 5.74) is -1.96. The third-order valence-electron chi connectivity index (χ3n) is 3.79. The van der Waals surface area contributed by atoms with Crippen molar-refractivity contribution in [3.05, 3.63) is 59.8 Å². The van der Waals surface area contributed by atoms with Gasteiger partial charge in [-0.3, -0.25) is 4.90 Å². The first-order chi connectivity index (χ1) is 11.8. The van der Waals surface area contributed by atoms with Crippen LogP contribution in [0, 0.1) is 6.92 Å². The van der Waals surface area contributed by atoms with Crippen molar-refractivity contribution in [3.8, 4) is 0 Å². The molecule has 2 heterocycles. The van der Waals surface area contributed by atoms with Crippen LogP contribution in [-0.4, -0.2) is 41.5 Å². The Bertz CT molecular complexity index is 823. The molecular weight excluding hydrogens is 335 g/mol. The number of carbonyl (C=O) groups excluding carboxylic acids is 1. The maximum atomic E-state index is 13.8. The zero-order chi connectivity index (χ0) is 18.2. The SMILES string of the molecule is COC(=O)[C@@]1(C(F)(F)F)N=C2C=CC=CN2C(c2ccc(C)cc2)=N1. The second-order valence-corrected chi connectivity index (χ2v) is 5.50. The molecular formula is C17H14F3N3O2. The lowest BCUT2D eigenvalue weighted by molar-refractivity contribution is -0.202. The Kier molecular flexibility index (Phi) is 3.98. The Labute approximate surface area is 141 Å². The quantitative estimate of drug-likeness (QED) is 0.772. The molecule has 25 heavy (non-hydrogen) atoms. The molecule has 130 valence electrons. The fraction of sp³-hybridized carbons (Fsp3) is 0.235. The molecule has 0 radical (unpaired) electrons. The van der Waals surface area contributed by atoms with E-state index in [0.29, 0.717) is 5.56 Å². The summed E-state index contributed by atoms with van der Waals surface area (Å²) in [5, 5.41) is 0. The lowest BCUT2D eigenvalue weighted by atomic mass is 10.1. The van der Waals surface area contributed by atoms with Gasteiger partial charge in [0.1, 0.15) is 11.7 Å². The molecule has 0 N–H and O–H groups in total. The van der Waals surface area contributed by atoms with E-state index in [0.717, 1.165) is 12.7 Å². The standard InChI is InChI=1S/C17H14F3N3O2/c1-11-6-8-12(9-7-11)14-22-16(15(24)25-2,17(18,19)20)21-13-5-3-4-10-23(13)14/h3-10H,1-2H3/t16-/m1/s1. The maximum absolute atomic E-state index is 13.8. The van der Waals surface area contributed by atoms with E-state index in [9.17, 15) is 18.0 Å². The number of aliphatic imine (C=N–C) groups is 2. The van der Waals surface area contributed by atoms with Crippen molar-refractivity contribution < 1.29 is 22.7 Å². The third kappa shape index (κ3) is 2.73. The number of amidine groups is 2. The van der Waals surface area contributed by atoms with Gasteiger partial charge in [-0.25, -0.2) is 14.8 Å². The highest BCUT2D eigenvalue weighted by Gasteiger charge is 2.64. The number of ether oxygens (including phenoxy) is 1. The minimum atomic E-state index is -5.05. The van der Waals surface area contributed by atoms with E-state index < -0.39 is 17.8 Å². The largest absolute Gasteiger partial charge is 0.465 e. The number of hydrogen-bond acceptors (Lipinski definition) is 5.